The molecule has 1 aliphatic rings. The molecule has 2 rings (SSSR count). The summed E-state index contributed by atoms with van der Waals surface area (Å²) in [5.74, 6) is -0.155. The summed E-state index contributed by atoms with van der Waals surface area (Å²) in [6.07, 6.45) is 0. The van der Waals surface area contributed by atoms with Gasteiger partial charge in [-0.3, -0.25) is 4.79 Å². The van der Waals surface area contributed by atoms with E-state index in [9.17, 15) is 13.6 Å². The molecular weight excluding hydrogens is 290 g/mol. The molecule has 0 aliphatic carbocycles. The van der Waals surface area contributed by atoms with Crippen molar-refractivity contribution in [3.05, 3.63) is 29.8 Å². The van der Waals surface area contributed by atoms with Crippen LogP contribution in [0, 0.1) is 0 Å². The molecule has 1 amide bonds. The summed E-state index contributed by atoms with van der Waals surface area (Å²) in [6.45, 7) is 1.07. The number of hydrogen-bond donors (Lipinski definition) is 1. The lowest BCUT2D eigenvalue weighted by Gasteiger charge is -2.32. The predicted molar refractivity (Wildman–Crippen MR) is 73.7 cm³/mol. The lowest BCUT2D eigenvalue weighted by Crippen LogP contribution is -2.51. The van der Waals surface area contributed by atoms with Crippen molar-refractivity contribution >= 4 is 18.3 Å². The summed E-state index contributed by atoms with van der Waals surface area (Å²) in [4.78, 5) is 13.9. The van der Waals surface area contributed by atoms with Gasteiger partial charge in [0.15, 0.2) is 0 Å². The van der Waals surface area contributed by atoms with E-state index in [1.165, 1.54) is 18.2 Å². The van der Waals surface area contributed by atoms with Crippen molar-refractivity contribution in [2.75, 3.05) is 19.6 Å². The van der Waals surface area contributed by atoms with E-state index >= 15 is 0 Å². The summed E-state index contributed by atoms with van der Waals surface area (Å²) in [5.41, 5.74) is 0.368. The van der Waals surface area contributed by atoms with Gasteiger partial charge in [0.25, 0.3) is 5.91 Å². The highest BCUT2D eigenvalue weighted by molar-refractivity contribution is 5.94. The second-order valence-electron chi connectivity index (χ2n) is 4.51. The maximum atomic E-state index is 12.2. The first-order chi connectivity index (χ1) is 9.06. The first kappa shape index (κ1) is 16.7. The number of piperazine rings is 1. The minimum absolute atomic E-state index is 0. The van der Waals surface area contributed by atoms with E-state index in [0.717, 1.165) is 6.54 Å². The lowest BCUT2D eigenvalue weighted by atomic mass is 10.1. The third-order valence-electron chi connectivity index (χ3n) is 2.96. The van der Waals surface area contributed by atoms with Gasteiger partial charge in [-0.2, -0.15) is 8.78 Å². The van der Waals surface area contributed by atoms with E-state index in [2.05, 4.69) is 10.1 Å². The van der Waals surface area contributed by atoms with E-state index < -0.39 is 6.61 Å². The van der Waals surface area contributed by atoms with Crippen molar-refractivity contribution in [1.29, 1.82) is 0 Å². The maximum absolute atomic E-state index is 12.2. The molecule has 1 fully saturated rings. The quantitative estimate of drug-likeness (QED) is 0.930. The number of halogens is 3. The fourth-order valence-corrected chi connectivity index (χ4v) is 2.10. The van der Waals surface area contributed by atoms with Gasteiger partial charge in [-0.05, 0) is 25.1 Å². The van der Waals surface area contributed by atoms with Crippen molar-refractivity contribution in [2.24, 2.45) is 0 Å². The van der Waals surface area contributed by atoms with Crippen LogP contribution in [0.1, 0.15) is 17.3 Å². The molecule has 1 aromatic carbocycles. The van der Waals surface area contributed by atoms with E-state index in [0.29, 0.717) is 18.7 Å². The van der Waals surface area contributed by atoms with Crippen molar-refractivity contribution < 1.29 is 18.3 Å². The average molecular weight is 307 g/mol. The molecule has 0 bridgehead atoms. The van der Waals surface area contributed by atoms with Gasteiger partial charge in [0, 0.05) is 31.2 Å². The number of alkyl halides is 2. The van der Waals surface area contributed by atoms with Gasteiger partial charge in [-0.1, -0.05) is 6.07 Å². The molecule has 0 radical (unpaired) electrons. The highest BCUT2D eigenvalue weighted by Crippen LogP contribution is 2.17. The topological polar surface area (TPSA) is 41.6 Å². The molecule has 20 heavy (non-hydrogen) atoms. The summed E-state index contributed by atoms with van der Waals surface area (Å²) in [5, 5.41) is 3.24. The van der Waals surface area contributed by atoms with Gasteiger partial charge >= 0.3 is 6.61 Å². The summed E-state index contributed by atoms with van der Waals surface area (Å²) in [6, 6.07) is 6.13. The van der Waals surface area contributed by atoms with Crippen molar-refractivity contribution in [1.82, 2.24) is 10.2 Å². The molecule has 1 heterocycles. The van der Waals surface area contributed by atoms with E-state index in [4.69, 9.17) is 0 Å². The Hall–Kier alpha value is -1.40. The van der Waals surface area contributed by atoms with Gasteiger partial charge in [0.05, 0.1) is 0 Å². The van der Waals surface area contributed by atoms with Crippen LogP contribution in [0.4, 0.5) is 8.78 Å². The second-order valence-corrected chi connectivity index (χ2v) is 4.51. The molecule has 0 saturated carbocycles. The first-order valence-corrected chi connectivity index (χ1v) is 6.14. The maximum Gasteiger partial charge on any atom is 0.387 e. The predicted octanol–water partition coefficient (Wildman–Crippen LogP) is 2.14. The van der Waals surface area contributed by atoms with Gasteiger partial charge in [0.1, 0.15) is 5.75 Å². The molecule has 1 N–H and O–H groups in total. The number of rotatable bonds is 3. The molecule has 0 spiro atoms. The fourth-order valence-electron chi connectivity index (χ4n) is 2.10. The standard InChI is InChI=1S/C13H16F2N2O2.ClH/c1-9-8-17(6-5-16-9)12(18)10-3-2-4-11(7-10)19-13(14)15;/h2-4,7,9,13,16H,5-6,8H2,1H3;1H/t9-;/m0./s1. The Bertz CT molecular complexity index is 460. The van der Waals surface area contributed by atoms with Crippen LogP contribution in [0.2, 0.25) is 0 Å². The molecule has 1 atom stereocenters. The summed E-state index contributed by atoms with van der Waals surface area (Å²) < 4.78 is 28.6. The zero-order valence-electron chi connectivity index (χ0n) is 11.0. The van der Waals surface area contributed by atoms with Crippen molar-refractivity contribution in [3.63, 3.8) is 0 Å². The zero-order valence-corrected chi connectivity index (χ0v) is 11.8. The number of nitrogens with one attached hydrogen (secondary N) is 1. The van der Waals surface area contributed by atoms with Gasteiger partial charge in [0.2, 0.25) is 0 Å². The molecule has 1 aromatic rings. The summed E-state index contributed by atoms with van der Waals surface area (Å²) >= 11 is 0. The van der Waals surface area contributed by atoms with Crippen molar-refractivity contribution in [3.8, 4) is 5.75 Å². The van der Waals surface area contributed by atoms with Gasteiger partial charge in [-0.25, -0.2) is 0 Å². The van der Waals surface area contributed by atoms with E-state index in [-0.39, 0.29) is 30.1 Å². The molecule has 112 valence electrons. The number of hydrogen-bond acceptors (Lipinski definition) is 3. The molecule has 1 saturated heterocycles. The van der Waals surface area contributed by atoms with Crippen LogP contribution in [0.15, 0.2) is 24.3 Å². The molecule has 1 aliphatic heterocycles. The Morgan fingerprint density at radius 3 is 2.90 bits per heavy atom. The van der Waals surface area contributed by atoms with Crippen LogP contribution in [-0.2, 0) is 0 Å². The van der Waals surface area contributed by atoms with Crippen molar-refractivity contribution in [2.45, 2.75) is 19.6 Å². The average Bonchev–Trinajstić information content (AvgIpc) is 2.37. The van der Waals surface area contributed by atoms with E-state index in [1.807, 2.05) is 6.92 Å². The highest BCUT2D eigenvalue weighted by atomic mass is 35.5. The van der Waals surface area contributed by atoms with Crippen LogP contribution in [-0.4, -0.2) is 43.1 Å². The Morgan fingerprint density at radius 2 is 2.25 bits per heavy atom. The lowest BCUT2D eigenvalue weighted by molar-refractivity contribution is -0.0499. The zero-order chi connectivity index (χ0) is 13.8. The number of nitrogens with zero attached hydrogens (tertiary/aromatic N) is 1. The Labute approximate surface area is 122 Å². The van der Waals surface area contributed by atoms with E-state index in [1.54, 1.807) is 11.0 Å². The van der Waals surface area contributed by atoms with Crippen LogP contribution < -0.4 is 10.1 Å². The Kier molecular flexibility index (Phi) is 6.16. The van der Waals surface area contributed by atoms with Crippen LogP contribution in [0.25, 0.3) is 0 Å². The molecule has 7 heteroatoms. The van der Waals surface area contributed by atoms with Crippen LogP contribution in [0.5, 0.6) is 5.75 Å². The Balaban J connectivity index is 0.00000200. The molecule has 0 unspecified atom stereocenters. The number of carbonyl (C=O) groups excluding carboxylic acids is 1. The SMILES string of the molecule is C[C@H]1CN(C(=O)c2cccc(OC(F)F)c2)CCN1.Cl. The monoisotopic (exact) mass is 306 g/mol. The number of benzene rings is 1. The smallest absolute Gasteiger partial charge is 0.387 e. The normalized spacial score (nSPS) is 18.6. The first-order valence-electron chi connectivity index (χ1n) is 6.14. The van der Waals surface area contributed by atoms with Crippen LogP contribution >= 0.6 is 12.4 Å². The second kappa shape index (κ2) is 7.40. The largest absolute Gasteiger partial charge is 0.435 e. The third-order valence-corrected chi connectivity index (χ3v) is 2.96. The summed E-state index contributed by atoms with van der Waals surface area (Å²) in [7, 11) is 0. The number of carbonyl (C=O) groups is 1. The van der Waals surface area contributed by atoms with Gasteiger partial charge in [-0.15, -0.1) is 12.4 Å². The number of ether oxygens (including phenoxy) is 1. The molecular formula is C13H17ClF2N2O2. The van der Waals surface area contributed by atoms with Gasteiger partial charge < -0.3 is 15.0 Å². The fraction of sp³-hybridized carbons (Fsp3) is 0.462. The molecule has 0 aromatic heterocycles. The van der Waals surface area contributed by atoms with Crippen LogP contribution in [0.3, 0.4) is 0 Å². The minimum Gasteiger partial charge on any atom is -0.435 e. The molecule has 4 nitrogen and oxygen atoms in total. The third kappa shape index (κ3) is 4.31. The Morgan fingerprint density at radius 1 is 1.50 bits per heavy atom. The minimum atomic E-state index is -2.88. The number of amides is 1. The highest BCUT2D eigenvalue weighted by Gasteiger charge is 2.22.